The van der Waals surface area contributed by atoms with Gasteiger partial charge >= 0.3 is 0 Å². The molecule has 4 nitrogen and oxygen atoms in total. The molecule has 21 heavy (non-hydrogen) atoms. The van der Waals surface area contributed by atoms with E-state index in [1.807, 2.05) is 0 Å². The molecule has 1 aliphatic carbocycles. The minimum Gasteiger partial charge on any atom is -0.383 e. The van der Waals surface area contributed by atoms with Crippen LogP contribution in [0.5, 0.6) is 0 Å². The molecular formula is C14H15Cl2N3OS. The summed E-state index contributed by atoms with van der Waals surface area (Å²) in [5.41, 5.74) is -0.433. The van der Waals surface area contributed by atoms with Crippen LogP contribution in [0.15, 0.2) is 29.7 Å². The first-order valence-electron chi connectivity index (χ1n) is 6.72. The number of nitrogens with zero attached hydrogens (tertiary/aromatic N) is 3. The lowest BCUT2D eigenvalue weighted by atomic mass is 9.88. The highest BCUT2D eigenvalue weighted by molar-refractivity contribution is 7.80. The van der Waals surface area contributed by atoms with Crippen molar-refractivity contribution in [1.29, 1.82) is 0 Å². The van der Waals surface area contributed by atoms with Gasteiger partial charge in [0, 0.05) is 15.6 Å². The minimum absolute atomic E-state index is 0.268. The largest absolute Gasteiger partial charge is 0.383 e. The molecule has 2 aromatic rings. The van der Waals surface area contributed by atoms with E-state index < -0.39 is 5.60 Å². The number of aromatic nitrogens is 3. The fourth-order valence-corrected chi connectivity index (χ4v) is 3.30. The highest BCUT2D eigenvalue weighted by atomic mass is 35.5. The fourth-order valence-electron chi connectivity index (χ4n) is 2.54. The number of hydrogen-bond donors (Lipinski definition) is 2. The second-order valence-corrected chi connectivity index (χ2v) is 6.76. The molecule has 3 rings (SSSR count). The average Bonchev–Trinajstić information content (AvgIpc) is 3.12. The van der Waals surface area contributed by atoms with Crippen molar-refractivity contribution in [2.45, 2.75) is 36.6 Å². The summed E-state index contributed by atoms with van der Waals surface area (Å²) in [4.78, 5) is 3.98. The van der Waals surface area contributed by atoms with Crippen LogP contribution in [0.3, 0.4) is 0 Å². The van der Waals surface area contributed by atoms with Crippen LogP contribution < -0.4 is 0 Å². The first kappa shape index (κ1) is 15.2. The Labute approximate surface area is 138 Å². The highest BCUT2D eigenvalue weighted by Crippen LogP contribution is 2.43. The molecule has 1 aliphatic rings. The van der Waals surface area contributed by atoms with Gasteiger partial charge in [0.05, 0.1) is 6.54 Å². The maximum absolute atomic E-state index is 11.2. The SMILES string of the molecule is OC(CC1CC1)(Cn1ncnc1S)c1ccc(Cl)cc1Cl. The van der Waals surface area contributed by atoms with Crippen LogP contribution in [0.4, 0.5) is 0 Å². The van der Waals surface area contributed by atoms with Gasteiger partial charge in [-0.25, -0.2) is 9.67 Å². The van der Waals surface area contributed by atoms with Crippen molar-refractivity contribution in [2.75, 3.05) is 0 Å². The molecule has 1 saturated carbocycles. The topological polar surface area (TPSA) is 50.9 Å². The molecule has 0 aliphatic heterocycles. The number of hydrogen-bond acceptors (Lipinski definition) is 4. The first-order chi connectivity index (χ1) is 9.98. The number of benzene rings is 1. The molecular weight excluding hydrogens is 329 g/mol. The van der Waals surface area contributed by atoms with Gasteiger partial charge in [-0.1, -0.05) is 42.1 Å². The standard InChI is InChI=1S/C14H15Cl2N3OS/c15-10-3-4-11(12(16)5-10)14(20,6-9-1-2-9)7-19-13(21)17-8-18-19/h3-5,8-9,20H,1-2,6-7H2,(H,17,18,21). The molecule has 0 radical (unpaired) electrons. The van der Waals surface area contributed by atoms with Gasteiger partial charge in [-0.05, 0) is 24.5 Å². The van der Waals surface area contributed by atoms with Crippen molar-refractivity contribution in [3.05, 3.63) is 40.1 Å². The van der Waals surface area contributed by atoms with Crippen LogP contribution in [0.2, 0.25) is 10.0 Å². The monoisotopic (exact) mass is 343 g/mol. The van der Waals surface area contributed by atoms with Gasteiger partial charge in [-0.2, -0.15) is 5.10 Å². The van der Waals surface area contributed by atoms with Gasteiger partial charge in [0.15, 0.2) is 5.16 Å². The smallest absolute Gasteiger partial charge is 0.183 e. The summed E-state index contributed by atoms with van der Waals surface area (Å²) in [6.07, 6.45) is 4.34. The lowest BCUT2D eigenvalue weighted by Crippen LogP contribution is -2.33. The Balaban J connectivity index is 1.97. The molecule has 0 spiro atoms. The molecule has 1 fully saturated rings. The Morgan fingerprint density at radius 3 is 2.71 bits per heavy atom. The highest BCUT2D eigenvalue weighted by Gasteiger charge is 2.39. The molecule has 0 amide bonds. The summed E-state index contributed by atoms with van der Waals surface area (Å²) in [6, 6.07) is 5.17. The third-order valence-corrected chi connectivity index (χ3v) is 4.66. The van der Waals surface area contributed by atoms with Crippen LogP contribution in [0, 0.1) is 5.92 Å². The zero-order valence-electron chi connectivity index (χ0n) is 11.2. The van der Waals surface area contributed by atoms with E-state index in [0.29, 0.717) is 33.1 Å². The summed E-state index contributed by atoms with van der Waals surface area (Å²) in [5, 5.41) is 16.8. The zero-order valence-corrected chi connectivity index (χ0v) is 13.6. The van der Waals surface area contributed by atoms with Crippen molar-refractivity contribution in [1.82, 2.24) is 14.8 Å². The molecule has 1 N–H and O–H groups in total. The lowest BCUT2D eigenvalue weighted by Gasteiger charge is -2.30. The molecule has 0 saturated heterocycles. The Hall–Kier alpha value is -0.750. The van der Waals surface area contributed by atoms with Crippen LogP contribution >= 0.6 is 35.8 Å². The van der Waals surface area contributed by atoms with Crippen molar-refractivity contribution >= 4 is 35.8 Å². The third kappa shape index (κ3) is 3.37. The van der Waals surface area contributed by atoms with Crippen LogP contribution in [0.25, 0.3) is 0 Å². The lowest BCUT2D eigenvalue weighted by molar-refractivity contribution is -0.00137. The van der Waals surface area contributed by atoms with Crippen molar-refractivity contribution < 1.29 is 5.11 Å². The van der Waals surface area contributed by atoms with Gasteiger partial charge in [0.1, 0.15) is 11.9 Å². The summed E-state index contributed by atoms with van der Waals surface area (Å²) in [7, 11) is 0. The Kier molecular flexibility index (Phi) is 4.19. The zero-order chi connectivity index (χ0) is 15.0. The van der Waals surface area contributed by atoms with Gasteiger partial charge in [0.25, 0.3) is 0 Å². The predicted octanol–water partition coefficient (Wildman–Crippen LogP) is 3.56. The Morgan fingerprint density at radius 2 is 2.14 bits per heavy atom. The third-order valence-electron chi connectivity index (χ3n) is 3.76. The van der Waals surface area contributed by atoms with E-state index in [0.717, 1.165) is 12.8 Å². The molecule has 112 valence electrons. The van der Waals surface area contributed by atoms with Crippen LogP contribution in [-0.2, 0) is 12.1 Å². The van der Waals surface area contributed by atoms with Crippen molar-refractivity contribution in [2.24, 2.45) is 5.92 Å². The van der Waals surface area contributed by atoms with E-state index in [1.165, 1.54) is 6.33 Å². The average molecular weight is 344 g/mol. The van der Waals surface area contributed by atoms with Gasteiger partial charge in [0.2, 0.25) is 0 Å². The second-order valence-electron chi connectivity index (χ2n) is 5.52. The molecule has 1 atom stereocenters. The molecule has 1 aromatic heterocycles. The summed E-state index contributed by atoms with van der Waals surface area (Å²) >= 11 is 16.5. The van der Waals surface area contributed by atoms with Crippen molar-refractivity contribution in [3.63, 3.8) is 0 Å². The normalized spacial score (nSPS) is 17.7. The maximum Gasteiger partial charge on any atom is 0.183 e. The Bertz CT molecular complexity index is 659. The fraction of sp³-hybridized carbons (Fsp3) is 0.429. The molecule has 1 unspecified atom stereocenters. The van der Waals surface area contributed by atoms with Gasteiger partial charge in [-0.3, -0.25) is 0 Å². The number of rotatable bonds is 5. The number of thiol groups is 1. The summed E-state index contributed by atoms with van der Waals surface area (Å²) < 4.78 is 1.58. The molecule has 7 heteroatoms. The summed E-state index contributed by atoms with van der Waals surface area (Å²) in [5.74, 6) is 0.522. The van der Waals surface area contributed by atoms with E-state index >= 15 is 0 Å². The minimum atomic E-state index is -1.10. The molecule has 1 aromatic carbocycles. The molecule has 1 heterocycles. The summed E-state index contributed by atoms with van der Waals surface area (Å²) in [6.45, 7) is 0.268. The second kappa shape index (κ2) is 5.80. The quantitative estimate of drug-likeness (QED) is 0.816. The van der Waals surface area contributed by atoms with E-state index in [1.54, 1.807) is 22.9 Å². The van der Waals surface area contributed by atoms with E-state index in [9.17, 15) is 5.11 Å². The number of aliphatic hydroxyl groups is 1. The van der Waals surface area contributed by atoms with Gasteiger partial charge in [-0.15, -0.1) is 12.6 Å². The van der Waals surface area contributed by atoms with Crippen molar-refractivity contribution in [3.8, 4) is 0 Å². The van der Waals surface area contributed by atoms with Crippen LogP contribution in [0.1, 0.15) is 24.8 Å². The predicted molar refractivity (Wildman–Crippen MR) is 85.0 cm³/mol. The van der Waals surface area contributed by atoms with E-state index in [2.05, 4.69) is 22.7 Å². The Morgan fingerprint density at radius 1 is 1.38 bits per heavy atom. The van der Waals surface area contributed by atoms with E-state index in [-0.39, 0.29) is 6.54 Å². The van der Waals surface area contributed by atoms with Gasteiger partial charge < -0.3 is 5.11 Å². The molecule has 0 bridgehead atoms. The van der Waals surface area contributed by atoms with E-state index in [4.69, 9.17) is 23.2 Å². The number of halogens is 2. The maximum atomic E-state index is 11.2. The van der Waals surface area contributed by atoms with Crippen LogP contribution in [-0.4, -0.2) is 19.9 Å². The first-order valence-corrected chi connectivity index (χ1v) is 7.93.